The Morgan fingerprint density at radius 3 is 2.63 bits per heavy atom. The molecule has 0 saturated carbocycles. The van der Waals surface area contributed by atoms with Crippen LogP contribution in [-0.4, -0.2) is 33.5 Å². The molecule has 154 valence electrons. The molecule has 0 unspecified atom stereocenters. The molecule has 0 amide bonds. The molecule has 0 atom stereocenters. The first-order chi connectivity index (χ1) is 14.7. The lowest BCUT2D eigenvalue weighted by Crippen LogP contribution is -2.35. The highest BCUT2D eigenvalue weighted by Crippen LogP contribution is 2.31. The van der Waals surface area contributed by atoms with Crippen molar-refractivity contribution >= 4 is 0 Å². The van der Waals surface area contributed by atoms with E-state index in [1.807, 2.05) is 12.1 Å². The molecule has 5 rings (SSSR count). The molecule has 3 heterocycles. The van der Waals surface area contributed by atoms with Gasteiger partial charge in [-0.2, -0.15) is 0 Å². The summed E-state index contributed by atoms with van der Waals surface area (Å²) in [4.78, 5) is 26.8. The molecule has 6 nitrogen and oxygen atoms in total. The second kappa shape index (κ2) is 8.03. The number of pyridine rings is 1. The van der Waals surface area contributed by atoms with Gasteiger partial charge in [0.2, 0.25) is 0 Å². The Hall–Kier alpha value is -2.99. The lowest BCUT2D eigenvalue weighted by atomic mass is 9.89. The van der Waals surface area contributed by atoms with E-state index in [1.165, 1.54) is 29.5 Å². The van der Waals surface area contributed by atoms with Crippen LogP contribution in [0.4, 0.5) is 0 Å². The minimum atomic E-state index is -0.0298. The predicted octanol–water partition coefficient (Wildman–Crippen LogP) is 3.28. The number of aromatic amines is 1. The van der Waals surface area contributed by atoms with Crippen LogP contribution in [0.1, 0.15) is 40.8 Å². The van der Waals surface area contributed by atoms with E-state index < -0.39 is 0 Å². The van der Waals surface area contributed by atoms with E-state index in [9.17, 15) is 4.79 Å². The topological polar surface area (TPSA) is 71.1 Å². The van der Waals surface area contributed by atoms with Gasteiger partial charge >= 0.3 is 0 Å². The van der Waals surface area contributed by atoms with Gasteiger partial charge in [0.05, 0.1) is 12.8 Å². The zero-order valence-corrected chi connectivity index (χ0v) is 17.3. The number of nitrogens with zero attached hydrogens (tertiary/aromatic N) is 3. The highest BCUT2D eigenvalue weighted by atomic mass is 16.5. The van der Waals surface area contributed by atoms with Gasteiger partial charge in [-0.3, -0.25) is 14.7 Å². The van der Waals surface area contributed by atoms with Gasteiger partial charge in [-0.25, -0.2) is 4.98 Å². The van der Waals surface area contributed by atoms with Crippen molar-refractivity contribution in [2.75, 3.05) is 13.7 Å². The Kier molecular flexibility index (Phi) is 5.09. The Morgan fingerprint density at radius 2 is 1.87 bits per heavy atom. The number of nitrogens with one attached hydrogen (secondary N) is 1. The van der Waals surface area contributed by atoms with Gasteiger partial charge in [0, 0.05) is 48.7 Å². The van der Waals surface area contributed by atoms with Crippen molar-refractivity contribution in [3.63, 3.8) is 0 Å². The van der Waals surface area contributed by atoms with Crippen molar-refractivity contribution < 1.29 is 4.74 Å². The lowest BCUT2D eigenvalue weighted by Gasteiger charge is -2.29. The molecule has 1 aromatic carbocycles. The van der Waals surface area contributed by atoms with Gasteiger partial charge in [0.25, 0.3) is 5.56 Å². The zero-order chi connectivity index (χ0) is 20.5. The van der Waals surface area contributed by atoms with Crippen LogP contribution in [0.3, 0.4) is 0 Å². The Bertz CT molecular complexity index is 1120. The summed E-state index contributed by atoms with van der Waals surface area (Å²) in [6.07, 6.45) is 8.96. The quantitative estimate of drug-likeness (QED) is 0.725. The van der Waals surface area contributed by atoms with Crippen LogP contribution in [0.5, 0.6) is 5.75 Å². The molecule has 1 aliphatic heterocycles. The van der Waals surface area contributed by atoms with Crippen LogP contribution in [0.2, 0.25) is 0 Å². The summed E-state index contributed by atoms with van der Waals surface area (Å²) in [5.41, 5.74) is 6.64. The van der Waals surface area contributed by atoms with Crippen LogP contribution in [0.25, 0.3) is 11.4 Å². The molecular weight excluding hydrogens is 376 g/mol. The number of methoxy groups -OCH3 is 1. The molecule has 0 spiro atoms. The van der Waals surface area contributed by atoms with Crippen molar-refractivity contribution in [2.24, 2.45) is 0 Å². The summed E-state index contributed by atoms with van der Waals surface area (Å²) in [6, 6.07) is 8.29. The average Bonchev–Trinajstić information content (AvgIpc) is 2.79. The van der Waals surface area contributed by atoms with E-state index in [0.717, 1.165) is 48.5 Å². The second-order valence-electron chi connectivity index (χ2n) is 8.18. The maximum Gasteiger partial charge on any atom is 0.254 e. The van der Waals surface area contributed by atoms with E-state index >= 15 is 0 Å². The summed E-state index contributed by atoms with van der Waals surface area (Å²) in [6.45, 7) is 2.30. The minimum Gasteiger partial charge on any atom is -0.496 e. The first kappa shape index (κ1) is 19.0. The number of hydrogen-bond donors (Lipinski definition) is 1. The predicted molar refractivity (Wildman–Crippen MR) is 116 cm³/mol. The molecule has 0 saturated heterocycles. The second-order valence-corrected chi connectivity index (χ2v) is 8.18. The van der Waals surface area contributed by atoms with Crippen molar-refractivity contribution in [3.8, 4) is 17.1 Å². The van der Waals surface area contributed by atoms with Crippen molar-refractivity contribution in [2.45, 2.75) is 45.2 Å². The lowest BCUT2D eigenvalue weighted by molar-refractivity contribution is 0.237. The smallest absolute Gasteiger partial charge is 0.254 e. The molecule has 1 N–H and O–H groups in total. The standard InChI is InChI=1S/C24H26N4O2/c1-30-22-13-18-5-3-2-4-17(18)12-19(22)14-28-11-8-20-21(15-28)26-23(27-24(20)29)16-6-9-25-10-7-16/h6-7,9-10,12-13H,2-5,8,11,14-15H2,1H3,(H,26,27,29). The molecule has 0 bridgehead atoms. The summed E-state index contributed by atoms with van der Waals surface area (Å²) >= 11 is 0. The van der Waals surface area contributed by atoms with E-state index in [0.29, 0.717) is 18.8 Å². The third-order valence-corrected chi connectivity index (χ3v) is 6.25. The minimum absolute atomic E-state index is 0.0298. The molecule has 0 radical (unpaired) electrons. The Balaban J connectivity index is 1.42. The SMILES string of the molecule is COc1cc2c(cc1CN1CCc3c(nc(-c4ccncc4)[nH]c3=O)C1)CCCC2. The Labute approximate surface area is 176 Å². The maximum atomic E-state index is 12.6. The van der Waals surface area contributed by atoms with Crippen molar-refractivity contribution in [1.29, 1.82) is 0 Å². The van der Waals surface area contributed by atoms with Crippen LogP contribution in [0.15, 0.2) is 41.5 Å². The van der Waals surface area contributed by atoms with Gasteiger partial charge in [0.15, 0.2) is 0 Å². The summed E-state index contributed by atoms with van der Waals surface area (Å²) in [5.74, 6) is 1.58. The molecule has 2 aromatic heterocycles. The summed E-state index contributed by atoms with van der Waals surface area (Å²) < 4.78 is 5.72. The molecule has 6 heteroatoms. The third kappa shape index (κ3) is 3.63. The maximum absolute atomic E-state index is 12.6. The number of ether oxygens (including phenoxy) is 1. The first-order valence-electron chi connectivity index (χ1n) is 10.6. The number of rotatable bonds is 4. The largest absolute Gasteiger partial charge is 0.496 e. The van der Waals surface area contributed by atoms with Crippen LogP contribution in [0, 0.1) is 0 Å². The summed E-state index contributed by atoms with van der Waals surface area (Å²) in [7, 11) is 1.75. The average molecular weight is 402 g/mol. The van der Waals surface area contributed by atoms with Crippen molar-refractivity contribution in [1.82, 2.24) is 19.9 Å². The molecule has 0 fully saturated rings. The van der Waals surface area contributed by atoms with E-state index in [4.69, 9.17) is 9.72 Å². The fourth-order valence-electron chi connectivity index (χ4n) is 4.64. The third-order valence-electron chi connectivity index (χ3n) is 6.25. The number of H-pyrrole nitrogens is 1. The molecule has 3 aromatic rings. The fourth-order valence-corrected chi connectivity index (χ4v) is 4.64. The number of fused-ring (bicyclic) bond motifs is 2. The van der Waals surface area contributed by atoms with Gasteiger partial charge in [-0.05, 0) is 61.4 Å². The van der Waals surface area contributed by atoms with Crippen LogP contribution in [-0.2, 0) is 32.4 Å². The van der Waals surface area contributed by atoms with Crippen LogP contribution >= 0.6 is 0 Å². The first-order valence-corrected chi connectivity index (χ1v) is 10.6. The van der Waals surface area contributed by atoms with Gasteiger partial charge in [-0.15, -0.1) is 0 Å². The Morgan fingerprint density at radius 1 is 1.10 bits per heavy atom. The highest BCUT2D eigenvalue weighted by Gasteiger charge is 2.23. The molecule has 1 aliphatic carbocycles. The van der Waals surface area contributed by atoms with Crippen LogP contribution < -0.4 is 10.3 Å². The fraction of sp³-hybridized carbons (Fsp3) is 0.375. The number of aryl methyl sites for hydroxylation is 2. The monoisotopic (exact) mass is 402 g/mol. The van der Waals surface area contributed by atoms with Gasteiger partial charge < -0.3 is 9.72 Å². The van der Waals surface area contributed by atoms with Gasteiger partial charge in [0.1, 0.15) is 11.6 Å². The molecule has 2 aliphatic rings. The molecular formula is C24H26N4O2. The van der Waals surface area contributed by atoms with E-state index in [-0.39, 0.29) is 5.56 Å². The summed E-state index contributed by atoms with van der Waals surface area (Å²) in [5, 5.41) is 0. The number of benzene rings is 1. The normalized spacial score (nSPS) is 16.0. The van der Waals surface area contributed by atoms with Gasteiger partial charge in [-0.1, -0.05) is 6.07 Å². The zero-order valence-electron chi connectivity index (χ0n) is 17.3. The van der Waals surface area contributed by atoms with E-state index in [2.05, 4.69) is 27.0 Å². The van der Waals surface area contributed by atoms with E-state index in [1.54, 1.807) is 19.5 Å². The van der Waals surface area contributed by atoms with Crippen molar-refractivity contribution in [3.05, 3.63) is 75.0 Å². The molecule has 30 heavy (non-hydrogen) atoms. The number of hydrogen-bond acceptors (Lipinski definition) is 5. The number of aromatic nitrogens is 3. The highest BCUT2D eigenvalue weighted by molar-refractivity contribution is 5.54.